The first-order chi connectivity index (χ1) is 10.2. The van der Waals surface area contributed by atoms with Crippen LogP contribution in [0.15, 0.2) is 28.7 Å². The van der Waals surface area contributed by atoms with Gasteiger partial charge in [-0.15, -0.1) is 0 Å². The van der Waals surface area contributed by atoms with E-state index in [1.54, 1.807) is 18.2 Å². The van der Waals surface area contributed by atoms with Gasteiger partial charge in [0.2, 0.25) is 11.7 Å². The molecule has 0 radical (unpaired) electrons. The van der Waals surface area contributed by atoms with Crippen molar-refractivity contribution in [3.05, 3.63) is 35.7 Å². The molecule has 1 aromatic carbocycles. The summed E-state index contributed by atoms with van der Waals surface area (Å²) in [6, 6.07) is 7.19. The Labute approximate surface area is 122 Å². The highest BCUT2D eigenvalue weighted by atomic mass is 16.5. The number of aromatic carboxylic acids is 1. The van der Waals surface area contributed by atoms with Crippen LogP contribution in [-0.4, -0.2) is 29.8 Å². The fraction of sp³-hybridized carbons (Fsp3) is 0.333. The number of nitrogens with zero attached hydrogens (tertiary/aromatic N) is 1. The molecule has 2 aromatic rings. The predicted octanol–water partition coefficient (Wildman–Crippen LogP) is 2.98. The number of aromatic nitrogens is 1. The first-order valence-corrected chi connectivity index (χ1v) is 6.60. The van der Waals surface area contributed by atoms with Gasteiger partial charge >= 0.3 is 5.97 Å². The Hall–Kier alpha value is -2.34. The molecule has 0 saturated carbocycles. The summed E-state index contributed by atoms with van der Waals surface area (Å²) >= 11 is 0. The third-order valence-electron chi connectivity index (χ3n) is 2.73. The first kappa shape index (κ1) is 15.1. The number of benzene rings is 1. The minimum Gasteiger partial charge on any atom is -0.494 e. The van der Waals surface area contributed by atoms with E-state index >= 15 is 0 Å². The number of carbonyl (C=O) groups is 1. The number of ether oxygens (including phenoxy) is 2. The number of oxazole rings is 1. The quantitative estimate of drug-likeness (QED) is 0.844. The lowest BCUT2D eigenvalue weighted by Crippen LogP contribution is -2.00. The average Bonchev–Trinajstić information content (AvgIpc) is 2.90. The van der Waals surface area contributed by atoms with Gasteiger partial charge in [0.05, 0.1) is 13.2 Å². The van der Waals surface area contributed by atoms with E-state index in [0.29, 0.717) is 17.9 Å². The molecule has 0 aliphatic rings. The molecule has 0 fully saturated rings. The van der Waals surface area contributed by atoms with Gasteiger partial charge in [-0.05, 0) is 24.6 Å². The number of rotatable bonds is 7. The second-order valence-corrected chi connectivity index (χ2v) is 4.41. The van der Waals surface area contributed by atoms with E-state index in [2.05, 4.69) is 4.98 Å². The Bertz CT molecular complexity index is 620. The molecule has 1 aromatic heterocycles. The van der Waals surface area contributed by atoms with E-state index in [4.69, 9.17) is 19.0 Å². The van der Waals surface area contributed by atoms with E-state index in [1.165, 1.54) is 7.11 Å². The van der Waals surface area contributed by atoms with Gasteiger partial charge in [-0.3, -0.25) is 0 Å². The van der Waals surface area contributed by atoms with Gasteiger partial charge < -0.3 is 19.0 Å². The van der Waals surface area contributed by atoms with Crippen LogP contribution in [0.3, 0.4) is 0 Å². The van der Waals surface area contributed by atoms with Crippen molar-refractivity contribution in [1.82, 2.24) is 4.98 Å². The zero-order chi connectivity index (χ0) is 15.2. The normalized spacial score (nSPS) is 10.6. The lowest BCUT2D eigenvalue weighted by molar-refractivity contribution is 0.0656. The molecule has 6 nitrogen and oxygen atoms in total. The van der Waals surface area contributed by atoms with Crippen molar-refractivity contribution in [3.63, 3.8) is 0 Å². The first-order valence-electron chi connectivity index (χ1n) is 6.60. The van der Waals surface area contributed by atoms with E-state index < -0.39 is 5.97 Å². The van der Waals surface area contributed by atoms with Crippen LogP contribution in [0.5, 0.6) is 5.75 Å². The van der Waals surface area contributed by atoms with Crippen molar-refractivity contribution in [2.75, 3.05) is 13.7 Å². The van der Waals surface area contributed by atoms with E-state index in [1.807, 2.05) is 13.0 Å². The standard InChI is InChI=1S/C15H17NO5/c1-3-7-20-11-6-4-5-10(8-11)14-16-12(9-19-2)13(21-14)15(17)18/h4-6,8H,3,7,9H2,1-2H3,(H,17,18). The second-order valence-electron chi connectivity index (χ2n) is 4.41. The summed E-state index contributed by atoms with van der Waals surface area (Å²) < 4.78 is 15.8. The Balaban J connectivity index is 2.33. The summed E-state index contributed by atoms with van der Waals surface area (Å²) in [6.07, 6.45) is 0.907. The summed E-state index contributed by atoms with van der Waals surface area (Å²) in [6.45, 7) is 2.72. The molecule has 0 atom stereocenters. The van der Waals surface area contributed by atoms with Crippen molar-refractivity contribution in [3.8, 4) is 17.2 Å². The molecular weight excluding hydrogens is 274 g/mol. The minimum atomic E-state index is -1.17. The maximum atomic E-state index is 11.1. The van der Waals surface area contributed by atoms with Crippen molar-refractivity contribution in [1.29, 1.82) is 0 Å². The van der Waals surface area contributed by atoms with Crippen LogP contribution in [0.2, 0.25) is 0 Å². The lowest BCUT2D eigenvalue weighted by Gasteiger charge is -2.04. The summed E-state index contributed by atoms with van der Waals surface area (Å²) in [7, 11) is 1.47. The van der Waals surface area contributed by atoms with Gasteiger partial charge in [0.25, 0.3) is 0 Å². The van der Waals surface area contributed by atoms with Crippen LogP contribution in [0.1, 0.15) is 29.6 Å². The summed E-state index contributed by atoms with van der Waals surface area (Å²) in [4.78, 5) is 15.3. The van der Waals surface area contributed by atoms with Gasteiger partial charge in [-0.1, -0.05) is 13.0 Å². The number of hydrogen-bond acceptors (Lipinski definition) is 5. The van der Waals surface area contributed by atoms with Gasteiger partial charge in [-0.2, -0.15) is 0 Å². The van der Waals surface area contributed by atoms with Gasteiger partial charge in [0.1, 0.15) is 11.4 Å². The topological polar surface area (TPSA) is 81.8 Å². The van der Waals surface area contributed by atoms with E-state index in [0.717, 1.165) is 6.42 Å². The molecule has 112 valence electrons. The summed E-state index contributed by atoms with van der Waals surface area (Å²) in [5.74, 6) is -0.440. The van der Waals surface area contributed by atoms with Gasteiger partial charge in [0.15, 0.2) is 0 Å². The average molecular weight is 291 g/mol. The largest absolute Gasteiger partial charge is 0.494 e. The van der Waals surface area contributed by atoms with Crippen LogP contribution >= 0.6 is 0 Å². The second kappa shape index (κ2) is 6.90. The summed E-state index contributed by atoms with van der Waals surface area (Å²) in [5, 5.41) is 9.11. The van der Waals surface area contributed by atoms with Gasteiger partial charge in [0, 0.05) is 12.7 Å². The van der Waals surface area contributed by atoms with Crippen LogP contribution in [-0.2, 0) is 11.3 Å². The predicted molar refractivity (Wildman–Crippen MR) is 75.4 cm³/mol. The number of carboxylic acids is 1. The molecule has 0 unspecified atom stereocenters. The highest BCUT2D eigenvalue weighted by Crippen LogP contribution is 2.26. The van der Waals surface area contributed by atoms with Crippen molar-refractivity contribution < 1.29 is 23.8 Å². The zero-order valence-corrected chi connectivity index (χ0v) is 12.0. The monoisotopic (exact) mass is 291 g/mol. The third kappa shape index (κ3) is 3.61. The maximum Gasteiger partial charge on any atom is 0.373 e. The third-order valence-corrected chi connectivity index (χ3v) is 2.73. The molecule has 21 heavy (non-hydrogen) atoms. The SMILES string of the molecule is CCCOc1cccc(-c2nc(COC)c(C(=O)O)o2)c1. The maximum absolute atomic E-state index is 11.1. The highest BCUT2D eigenvalue weighted by Gasteiger charge is 2.20. The van der Waals surface area contributed by atoms with E-state index in [9.17, 15) is 4.79 Å². The highest BCUT2D eigenvalue weighted by molar-refractivity contribution is 5.86. The Kier molecular flexibility index (Phi) is 4.94. The Morgan fingerprint density at radius 2 is 2.24 bits per heavy atom. The number of methoxy groups -OCH3 is 1. The fourth-order valence-corrected chi connectivity index (χ4v) is 1.82. The smallest absolute Gasteiger partial charge is 0.373 e. The molecule has 6 heteroatoms. The minimum absolute atomic E-state index is 0.0805. The molecule has 0 amide bonds. The molecular formula is C15H17NO5. The van der Waals surface area contributed by atoms with Crippen molar-refractivity contribution in [2.45, 2.75) is 20.0 Å². The van der Waals surface area contributed by atoms with Crippen molar-refractivity contribution >= 4 is 5.97 Å². The van der Waals surface area contributed by atoms with Gasteiger partial charge in [-0.25, -0.2) is 9.78 Å². The molecule has 0 bridgehead atoms. The molecule has 0 aliphatic carbocycles. The molecule has 2 rings (SSSR count). The molecule has 0 aliphatic heterocycles. The van der Waals surface area contributed by atoms with Crippen LogP contribution in [0.4, 0.5) is 0 Å². The van der Waals surface area contributed by atoms with Crippen molar-refractivity contribution in [2.24, 2.45) is 0 Å². The van der Waals surface area contributed by atoms with E-state index in [-0.39, 0.29) is 24.0 Å². The zero-order valence-electron chi connectivity index (χ0n) is 12.0. The van der Waals surface area contributed by atoms with Crippen LogP contribution in [0, 0.1) is 0 Å². The molecule has 0 saturated heterocycles. The number of hydrogen-bond donors (Lipinski definition) is 1. The molecule has 1 heterocycles. The lowest BCUT2D eigenvalue weighted by atomic mass is 10.2. The Morgan fingerprint density at radius 3 is 2.90 bits per heavy atom. The van der Waals surface area contributed by atoms with Crippen LogP contribution in [0.25, 0.3) is 11.5 Å². The fourth-order valence-electron chi connectivity index (χ4n) is 1.82. The molecule has 1 N–H and O–H groups in total. The van der Waals surface area contributed by atoms with Crippen LogP contribution < -0.4 is 4.74 Å². The molecule has 0 spiro atoms. The summed E-state index contributed by atoms with van der Waals surface area (Å²) in [5.41, 5.74) is 0.924. The number of carboxylic acid groups (broad SMARTS) is 1. The Morgan fingerprint density at radius 1 is 1.43 bits per heavy atom.